The van der Waals surface area contributed by atoms with E-state index < -0.39 is 0 Å². The number of guanidine groups is 1. The Balaban J connectivity index is 1.83. The van der Waals surface area contributed by atoms with E-state index in [2.05, 4.69) is 46.7 Å². The van der Waals surface area contributed by atoms with Gasteiger partial charge in [0.2, 0.25) is 11.8 Å². The summed E-state index contributed by atoms with van der Waals surface area (Å²) in [5.74, 6) is 2.55. The van der Waals surface area contributed by atoms with Crippen LogP contribution in [0.25, 0.3) is 0 Å². The predicted octanol–water partition coefficient (Wildman–Crippen LogP) is 2.35. The van der Waals surface area contributed by atoms with Gasteiger partial charge in [-0.25, -0.2) is 9.98 Å². The second kappa shape index (κ2) is 10.5. The zero-order chi connectivity index (χ0) is 21.3. The van der Waals surface area contributed by atoms with E-state index in [0.29, 0.717) is 31.5 Å². The van der Waals surface area contributed by atoms with E-state index >= 15 is 0 Å². The van der Waals surface area contributed by atoms with E-state index in [-0.39, 0.29) is 17.9 Å². The molecule has 0 radical (unpaired) electrons. The van der Waals surface area contributed by atoms with Crippen LogP contribution in [0.4, 0.5) is 0 Å². The summed E-state index contributed by atoms with van der Waals surface area (Å²) in [7, 11) is 1.62. The molecule has 29 heavy (non-hydrogen) atoms. The third-order valence-corrected chi connectivity index (χ3v) is 4.07. The minimum absolute atomic E-state index is 0.0182. The molecule has 0 saturated carbocycles. The van der Waals surface area contributed by atoms with Gasteiger partial charge in [-0.3, -0.25) is 4.79 Å². The van der Waals surface area contributed by atoms with Crippen LogP contribution in [0.2, 0.25) is 0 Å². The van der Waals surface area contributed by atoms with Gasteiger partial charge in [0, 0.05) is 18.5 Å². The fraction of sp³-hybridized carbons (Fsp3) is 0.476. The number of methoxy groups -OCH3 is 1. The Labute approximate surface area is 172 Å². The molecular weight excluding hydrogens is 370 g/mol. The number of carbonyl (C=O) groups is 1. The first-order valence-electron chi connectivity index (χ1n) is 9.68. The maximum Gasteiger partial charge on any atom is 0.242 e. The topological polar surface area (TPSA) is 101 Å². The average Bonchev–Trinajstić information content (AvgIpc) is 3.18. The maximum atomic E-state index is 12.1. The quantitative estimate of drug-likeness (QED) is 0.464. The molecule has 0 aliphatic heterocycles. The molecule has 0 fully saturated rings. The summed E-state index contributed by atoms with van der Waals surface area (Å²) in [4.78, 5) is 20.7. The Hall–Kier alpha value is -3.03. The van der Waals surface area contributed by atoms with Crippen LogP contribution < -0.4 is 20.7 Å². The molecule has 8 heteroatoms. The van der Waals surface area contributed by atoms with E-state index in [9.17, 15) is 4.79 Å². The summed E-state index contributed by atoms with van der Waals surface area (Å²) >= 11 is 0. The second-order valence-electron chi connectivity index (χ2n) is 7.54. The summed E-state index contributed by atoms with van der Waals surface area (Å²) in [5, 5.41) is 9.09. The van der Waals surface area contributed by atoms with Gasteiger partial charge >= 0.3 is 0 Å². The molecule has 2 aromatic rings. The maximum absolute atomic E-state index is 12.1. The number of aromatic nitrogens is 1. The fourth-order valence-corrected chi connectivity index (χ4v) is 2.39. The van der Waals surface area contributed by atoms with Crippen molar-refractivity contribution >= 4 is 11.9 Å². The molecule has 2 rings (SSSR count). The number of nitrogens with zero attached hydrogens (tertiary/aromatic N) is 2. The number of amides is 1. The lowest BCUT2D eigenvalue weighted by Crippen LogP contribution is -2.38. The molecule has 8 nitrogen and oxygen atoms in total. The minimum Gasteiger partial charge on any atom is -0.497 e. The third-order valence-electron chi connectivity index (χ3n) is 4.07. The van der Waals surface area contributed by atoms with Crippen molar-refractivity contribution in [2.45, 2.75) is 46.2 Å². The summed E-state index contributed by atoms with van der Waals surface area (Å²) < 4.78 is 10.9. The van der Waals surface area contributed by atoms with Crippen LogP contribution in [-0.4, -0.2) is 37.1 Å². The number of carbonyl (C=O) groups excluding carboxylic acids is 1. The SMILES string of the molecule is CCNC(=NCC(=O)NCc1ccc(OC)cc1)NCc1ncc(C(C)(C)C)o1. The molecule has 3 N–H and O–H groups in total. The largest absolute Gasteiger partial charge is 0.497 e. The lowest BCUT2D eigenvalue weighted by atomic mass is 9.94. The van der Waals surface area contributed by atoms with Crippen molar-refractivity contribution in [2.75, 3.05) is 20.2 Å². The van der Waals surface area contributed by atoms with Crippen LogP contribution in [0.3, 0.4) is 0 Å². The first kappa shape index (κ1) is 22.3. The number of ether oxygens (including phenoxy) is 1. The van der Waals surface area contributed by atoms with Crippen molar-refractivity contribution in [3.63, 3.8) is 0 Å². The van der Waals surface area contributed by atoms with E-state index in [1.807, 2.05) is 31.2 Å². The molecule has 0 saturated heterocycles. The number of oxazole rings is 1. The molecule has 0 spiro atoms. The Morgan fingerprint density at radius 2 is 1.86 bits per heavy atom. The molecule has 0 atom stereocenters. The van der Waals surface area contributed by atoms with Gasteiger partial charge in [0.25, 0.3) is 0 Å². The molecule has 1 amide bonds. The smallest absolute Gasteiger partial charge is 0.242 e. The Morgan fingerprint density at radius 1 is 1.14 bits per heavy atom. The van der Waals surface area contributed by atoms with Gasteiger partial charge in [-0.15, -0.1) is 0 Å². The lowest BCUT2D eigenvalue weighted by molar-refractivity contribution is -0.119. The van der Waals surface area contributed by atoms with E-state index in [1.165, 1.54) is 0 Å². The highest BCUT2D eigenvalue weighted by Crippen LogP contribution is 2.22. The summed E-state index contributed by atoms with van der Waals surface area (Å²) in [6, 6.07) is 7.55. The molecular formula is C21H31N5O3. The van der Waals surface area contributed by atoms with Gasteiger partial charge < -0.3 is 25.1 Å². The molecule has 158 valence electrons. The molecule has 0 aliphatic carbocycles. The zero-order valence-corrected chi connectivity index (χ0v) is 17.8. The number of nitrogens with one attached hydrogen (secondary N) is 3. The minimum atomic E-state index is -0.163. The lowest BCUT2D eigenvalue weighted by Gasteiger charge is -2.13. The summed E-state index contributed by atoms with van der Waals surface area (Å²) in [6.45, 7) is 9.69. The molecule has 0 unspecified atom stereocenters. The Morgan fingerprint density at radius 3 is 2.45 bits per heavy atom. The van der Waals surface area contributed by atoms with Gasteiger partial charge in [-0.05, 0) is 24.6 Å². The highest BCUT2D eigenvalue weighted by Gasteiger charge is 2.19. The Bertz CT molecular complexity index is 806. The van der Waals surface area contributed by atoms with Crippen molar-refractivity contribution in [3.8, 4) is 5.75 Å². The number of aliphatic imine (C=N–C) groups is 1. The van der Waals surface area contributed by atoms with Crippen molar-refractivity contribution < 1.29 is 13.9 Å². The summed E-state index contributed by atoms with van der Waals surface area (Å²) in [5.41, 5.74) is 0.901. The molecule has 0 aliphatic rings. The standard InChI is InChI=1S/C21H31N5O3/c1-6-22-20(26-14-19-24-12-17(29-19)21(2,3)4)25-13-18(27)23-11-15-7-9-16(28-5)10-8-15/h7-10,12H,6,11,13-14H2,1-5H3,(H,23,27)(H2,22,25,26). The monoisotopic (exact) mass is 401 g/mol. The first-order valence-corrected chi connectivity index (χ1v) is 9.68. The molecule has 1 aromatic carbocycles. The normalized spacial score (nSPS) is 11.8. The van der Waals surface area contributed by atoms with Crippen LogP contribution in [0.15, 0.2) is 39.9 Å². The molecule has 1 heterocycles. The summed E-state index contributed by atoms with van der Waals surface area (Å²) in [6.07, 6.45) is 1.74. The van der Waals surface area contributed by atoms with Crippen LogP contribution in [0.5, 0.6) is 5.75 Å². The van der Waals surface area contributed by atoms with Crippen LogP contribution in [0.1, 0.15) is 44.9 Å². The van der Waals surface area contributed by atoms with E-state index in [0.717, 1.165) is 17.1 Å². The van der Waals surface area contributed by atoms with Gasteiger partial charge in [-0.2, -0.15) is 0 Å². The predicted molar refractivity (Wildman–Crippen MR) is 113 cm³/mol. The van der Waals surface area contributed by atoms with Gasteiger partial charge in [0.05, 0.1) is 19.9 Å². The van der Waals surface area contributed by atoms with Gasteiger partial charge in [0.15, 0.2) is 5.96 Å². The van der Waals surface area contributed by atoms with E-state index in [1.54, 1.807) is 13.3 Å². The van der Waals surface area contributed by atoms with Crippen LogP contribution in [-0.2, 0) is 23.3 Å². The van der Waals surface area contributed by atoms with Gasteiger partial charge in [-0.1, -0.05) is 32.9 Å². The first-order chi connectivity index (χ1) is 13.8. The molecule has 1 aromatic heterocycles. The number of rotatable bonds is 8. The Kier molecular flexibility index (Phi) is 8.06. The number of hydrogen-bond donors (Lipinski definition) is 3. The van der Waals surface area contributed by atoms with Crippen LogP contribution in [0, 0.1) is 0 Å². The van der Waals surface area contributed by atoms with Crippen molar-refractivity contribution in [3.05, 3.63) is 47.7 Å². The second-order valence-corrected chi connectivity index (χ2v) is 7.54. The van der Waals surface area contributed by atoms with Gasteiger partial charge in [0.1, 0.15) is 18.1 Å². The third kappa shape index (κ3) is 7.48. The van der Waals surface area contributed by atoms with Crippen molar-refractivity contribution in [1.82, 2.24) is 20.9 Å². The highest BCUT2D eigenvalue weighted by molar-refractivity contribution is 5.84. The van der Waals surface area contributed by atoms with Crippen LogP contribution >= 0.6 is 0 Å². The van der Waals surface area contributed by atoms with Crippen molar-refractivity contribution in [1.29, 1.82) is 0 Å². The van der Waals surface area contributed by atoms with E-state index in [4.69, 9.17) is 9.15 Å². The molecule has 0 bridgehead atoms. The fourth-order valence-electron chi connectivity index (χ4n) is 2.39. The number of hydrogen-bond acceptors (Lipinski definition) is 5. The number of benzene rings is 1. The average molecular weight is 402 g/mol. The highest BCUT2D eigenvalue weighted by atomic mass is 16.5. The zero-order valence-electron chi connectivity index (χ0n) is 17.8. The van der Waals surface area contributed by atoms with Crippen molar-refractivity contribution in [2.24, 2.45) is 4.99 Å².